The quantitative estimate of drug-likeness (QED) is 0.733. The van der Waals surface area contributed by atoms with Crippen LogP contribution in [-0.2, 0) is 0 Å². The average molecular weight is 290 g/mol. The van der Waals surface area contributed by atoms with Crippen LogP contribution in [0.2, 0.25) is 5.02 Å². The van der Waals surface area contributed by atoms with Gasteiger partial charge in [-0.15, -0.1) is 0 Å². The van der Waals surface area contributed by atoms with Crippen molar-refractivity contribution in [2.75, 3.05) is 11.4 Å². The van der Waals surface area contributed by atoms with E-state index < -0.39 is 0 Å². The van der Waals surface area contributed by atoms with Crippen LogP contribution in [0.4, 0.5) is 10.1 Å². The lowest BCUT2D eigenvalue weighted by molar-refractivity contribution is 0.465. The van der Waals surface area contributed by atoms with Crippen molar-refractivity contribution in [3.05, 3.63) is 64.9 Å². The molecular weight excluding hydrogens is 273 g/mol. The van der Waals surface area contributed by atoms with Crippen LogP contribution in [-0.4, -0.2) is 6.54 Å². The molecule has 1 aliphatic rings. The first-order chi connectivity index (χ1) is 9.77. The second kappa shape index (κ2) is 5.84. The molecule has 0 saturated carbocycles. The van der Waals surface area contributed by atoms with Crippen molar-refractivity contribution < 1.29 is 4.39 Å². The molecule has 104 valence electrons. The minimum atomic E-state index is -0.161. The van der Waals surface area contributed by atoms with Crippen LogP contribution in [0.3, 0.4) is 0 Å². The first kappa shape index (κ1) is 13.4. The Balaban J connectivity index is 2.00. The van der Waals surface area contributed by atoms with Gasteiger partial charge in [0.15, 0.2) is 0 Å². The number of para-hydroxylation sites is 1. The van der Waals surface area contributed by atoms with Gasteiger partial charge < -0.3 is 4.90 Å². The summed E-state index contributed by atoms with van der Waals surface area (Å²) in [6.07, 6.45) is 3.26. The summed E-state index contributed by atoms with van der Waals surface area (Å²) in [6, 6.07) is 15.0. The van der Waals surface area contributed by atoms with Gasteiger partial charge in [0.2, 0.25) is 0 Å². The van der Waals surface area contributed by atoms with Gasteiger partial charge in [-0.3, -0.25) is 0 Å². The lowest BCUT2D eigenvalue weighted by atomic mass is 9.94. The molecular formula is C17H17ClFN. The van der Waals surface area contributed by atoms with Gasteiger partial charge in [0.25, 0.3) is 0 Å². The first-order valence-electron chi connectivity index (χ1n) is 7.03. The Kier molecular flexibility index (Phi) is 3.93. The van der Waals surface area contributed by atoms with Crippen LogP contribution in [0.15, 0.2) is 48.5 Å². The van der Waals surface area contributed by atoms with E-state index in [1.54, 1.807) is 6.07 Å². The van der Waals surface area contributed by atoms with Gasteiger partial charge in [-0.1, -0.05) is 41.9 Å². The monoisotopic (exact) mass is 289 g/mol. The molecule has 0 N–H and O–H groups in total. The molecule has 1 unspecified atom stereocenters. The maximum atomic E-state index is 14.1. The molecule has 1 saturated heterocycles. The van der Waals surface area contributed by atoms with Crippen LogP contribution in [0, 0.1) is 5.82 Å². The third-order valence-electron chi connectivity index (χ3n) is 3.93. The van der Waals surface area contributed by atoms with Crippen LogP contribution in [0.5, 0.6) is 0 Å². The fraction of sp³-hybridized carbons (Fsp3) is 0.294. The molecule has 3 rings (SSSR count). The molecule has 1 fully saturated rings. The van der Waals surface area contributed by atoms with Crippen molar-refractivity contribution >= 4 is 17.3 Å². The molecule has 0 radical (unpaired) electrons. The zero-order valence-corrected chi connectivity index (χ0v) is 12.0. The third kappa shape index (κ3) is 2.53. The average Bonchev–Trinajstić information content (AvgIpc) is 2.48. The molecule has 1 aliphatic heterocycles. The van der Waals surface area contributed by atoms with Crippen LogP contribution in [0.1, 0.15) is 30.9 Å². The second-order valence-corrected chi connectivity index (χ2v) is 5.59. The Morgan fingerprint density at radius 3 is 2.55 bits per heavy atom. The van der Waals surface area contributed by atoms with Crippen molar-refractivity contribution in [2.45, 2.75) is 25.3 Å². The van der Waals surface area contributed by atoms with Gasteiger partial charge >= 0.3 is 0 Å². The third-order valence-corrected chi connectivity index (χ3v) is 4.27. The minimum Gasteiger partial charge on any atom is -0.362 e. The maximum absolute atomic E-state index is 14.1. The van der Waals surface area contributed by atoms with Gasteiger partial charge in [-0.2, -0.15) is 0 Å². The number of piperidine rings is 1. The van der Waals surface area contributed by atoms with Gasteiger partial charge in [0.1, 0.15) is 5.82 Å². The van der Waals surface area contributed by atoms with Crippen molar-refractivity contribution in [1.82, 2.24) is 0 Å². The summed E-state index contributed by atoms with van der Waals surface area (Å²) in [4.78, 5) is 2.15. The maximum Gasteiger partial charge on any atom is 0.146 e. The predicted octanol–water partition coefficient (Wildman–Crippen LogP) is 5.21. The molecule has 1 nitrogen and oxygen atoms in total. The number of nitrogens with zero attached hydrogens (tertiary/aromatic N) is 1. The standard InChI is InChI=1S/C17H17ClFN/c18-14-8-2-1-7-13(14)16-10-5-6-12-20(16)17-11-4-3-9-15(17)19/h1-4,7-9,11,16H,5-6,10,12H2. The molecule has 1 atom stereocenters. The lowest BCUT2D eigenvalue weighted by Crippen LogP contribution is -2.34. The highest BCUT2D eigenvalue weighted by molar-refractivity contribution is 6.31. The van der Waals surface area contributed by atoms with E-state index in [-0.39, 0.29) is 11.9 Å². The molecule has 2 aromatic rings. The van der Waals surface area contributed by atoms with E-state index >= 15 is 0 Å². The van der Waals surface area contributed by atoms with Crippen LogP contribution >= 0.6 is 11.6 Å². The van der Waals surface area contributed by atoms with Gasteiger partial charge in [-0.05, 0) is 43.0 Å². The number of rotatable bonds is 2. The number of hydrogen-bond donors (Lipinski definition) is 0. The van der Waals surface area contributed by atoms with Crippen molar-refractivity contribution in [2.24, 2.45) is 0 Å². The topological polar surface area (TPSA) is 3.24 Å². The van der Waals surface area contributed by atoms with E-state index in [1.165, 1.54) is 6.07 Å². The van der Waals surface area contributed by atoms with Gasteiger partial charge in [-0.25, -0.2) is 4.39 Å². The fourth-order valence-corrected chi connectivity index (χ4v) is 3.23. The Labute approximate surface area is 124 Å². The Morgan fingerprint density at radius 2 is 1.75 bits per heavy atom. The Hall–Kier alpha value is -1.54. The molecule has 3 heteroatoms. The van der Waals surface area contributed by atoms with Gasteiger partial charge in [0, 0.05) is 11.6 Å². The summed E-state index contributed by atoms with van der Waals surface area (Å²) >= 11 is 6.33. The van der Waals surface area contributed by atoms with Crippen molar-refractivity contribution in [1.29, 1.82) is 0 Å². The summed E-state index contributed by atoms with van der Waals surface area (Å²) < 4.78 is 14.1. The summed E-state index contributed by atoms with van der Waals surface area (Å²) in [7, 11) is 0. The number of halogens is 2. The van der Waals surface area contributed by atoms with Crippen molar-refractivity contribution in [3.8, 4) is 0 Å². The molecule has 2 aromatic carbocycles. The van der Waals surface area contributed by atoms with Crippen molar-refractivity contribution in [3.63, 3.8) is 0 Å². The molecule has 0 bridgehead atoms. The van der Waals surface area contributed by atoms with Gasteiger partial charge in [0.05, 0.1) is 11.7 Å². The van der Waals surface area contributed by atoms with Crippen LogP contribution < -0.4 is 4.90 Å². The van der Waals surface area contributed by atoms with E-state index in [2.05, 4.69) is 4.90 Å². The van der Waals surface area contributed by atoms with E-state index in [1.807, 2.05) is 36.4 Å². The normalized spacial score (nSPS) is 19.1. The molecule has 20 heavy (non-hydrogen) atoms. The molecule has 0 aromatic heterocycles. The van der Waals surface area contributed by atoms with E-state index in [4.69, 9.17) is 11.6 Å². The Morgan fingerprint density at radius 1 is 1.00 bits per heavy atom. The minimum absolute atomic E-state index is 0.161. The highest BCUT2D eigenvalue weighted by Crippen LogP contribution is 2.38. The smallest absolute Gasteiger partial charge is 0.146 e. The number of hydrogen-bond acceptors (Lipinski definition) is 1. The summed E-state index contributed by atoms with van der Waals surface area (Å²) in [5.41, 5.74) is 1.77. The number of benzene rings is 2. The SMILES string of the molecule is Fc1ccccc1N1CCCCC1c1ccccc1Cl. The summed E-state index contributed by atoms with van der Waals surface area (Å²) in [6.45, 7) is 0.872. The first-order valence-corrected chi connectivity index (χ1v) is 7.41. The molecule has 0 aliphatic carbocycles. The summed E-state index contributed by atoms with van der Waals surface area (Å²) in [5, 5.41) is 0.765. The Bertz CT molecular complexity index is 546. The van der Waals surface area contributed by atoms with E-state index in [0.717, 1.165) is 36.4 Å². The van der Waals surface area contributed by atoms with Crippen LogP contribution in [0.25, 0.3) is 0 Å². The van der Waals surface area contributed by atoms with E-state index in [9.17, 15) is 4.39 Å². The lowest BCUT2D eigenvalue weighted by Gasteiger charge is -2.38. The number of anilines is 1. The summed E-state index contributed by atoms with van der Waals surface area (Å²) in [5.74, 6) is -0.161. The zero-order valence-electron chi connectivity index (χ0n) is 11.2. The molecule has 1 heterocycles. The highest BCUT2D eigenvalue weighted by Gasteiger charge is 2.27. The largest absolute Gasteiger partial charge is 0.362 e. The highest BCUT2D eigenvalue weighted by atomic mass is 35.5. The zero-order chi connectivity index (χ0) is 13.9. The van der Waals surface area contributed by atoms with E-state index in [0.29, 0.717) is 5.69 Å². The second-order valence-electron chi connectivity index (χ2n) is 5.18. The fourth-order valence-electron chi connectivity index (χ4n) is 2.97. The molecule has 0 amide bonds. The molecule has 0 spiro atoms. The predicted molar refractivity (Wildman–Crippen MR) is 81.8 cm³/mol.